The third kappa shape index (κ3) is 6.90. The lowest BCUT2D eigenvalue weighted by molar-refractivity contribution is -0.0137. The van der Waals surface area contributed by atoms with Crippen LogP contribution in [0.2, 0.25) is 0 Å². The molecule has 33 heavy (non-hydrogen) atoms. The summed E-state index contributed by atoms with van der Waals surface area (Å²) in [6.07, 6.45) is -0.478. The van der Waals surface area contributed by atoms with E-state index in [2.05, 4.69) is 25.7 Å². The van der Waals surface area contributed by atoms with Gasteiger partial charge in [-0.05, 0) is 65.8 Å². The maximum Gasteiger partial charge on any atom is 0.227 e. The number of aromatic nitrogens is 2. The molecule has 0 unspecified atom stereocenters. The van der Waals surface area contributed by atoms with Crippen molar-refractivity contribution < 1.29 is 14.6 Å². The Balaban J connectivity index is 1.93. The van der Waals surface area contributed by atoms with Crippen LogP contribution in [0.15, 0.2) is 54.6 Å². The molecule has 0 fully saturated rings. The molecule has 2 aromatic carbocycles. The second-order valence-electron chi connectivity index (χ2n) is 9.09. The number of benzene rings is 2. The SMILES string of the molecule is Cc1ccc(Oc2c(CN(C[C@@H](O)COC(C)C)C(C)C)c(C)nn2-c2ccccc2)cc1. The van der Waals surface area contributed by atoms with Gasteiger partial charge in [0, 0.05) is 19.1 Å². The van der Waals surface area contributed by atoms with Gasteiger partial charge in [-0.15, -0.1) is 0 Å². The topological polar surface area (TPSA) is 59.8 Å². The first kappa shape index (κ1) is 25.0. The van der Waals surface area contributed by atoms with E-state index >= 15 is 0 Å². The lowest BCUT2D eigenvalue weighted by Crippen LogP contribution is -2.39. The smallest absolute Gasteiger partial charge is 0.227 e. The van der Waals surface area contributed by atoms with Gasteiger partial charge in [0.05, 0.1) is 35.8 Å². The zero-order valence-electron chi connectivity index (χ0n) is 20.7. The molecule has 0 saturated heterocycles. The molecule has 0 saturated carbocycles. The molecule has 0 bridgehead atoms. The van der Waals surface area contributed by atoms with Crippen LogP contribution in [-0.4, -0.2) is 51.2 Å². The molecular formula is C27H37N3O3. The lowest BCUT2D eigenvalue weighted by Gasteiger charge is -2.29. The molecule has 0 aliphatic rings. The molecule has 1 aromatic heterocycles. The van der Waals surface area contributed by atoms with E-state index in [-0.39, 0.29) is 12.1 Å². The van der Waals surface area contributed by atoms with Crippen molar-refractivity contribution in [2.75, 3.05) is 13.2 Å². The van der Waals surface area contributed by atoms with Crippen LogP contribution >= 0.6 is 0 Å². The Morgan fingerprint density at radius 1 is 0.970 bits per heavy atom. The van der Waals surface area contributed by atoms with E-state index in [9.17, 15) is 5.11 Å². The number of para-hydroxylation sites is 1. The van der Waals surface area contributed by atoms with E-state index in [1.54, 1.807) is 0 Å². The van der Waals surface area contributed by atoms with Crippen molar-refractivity contribution >= 4 is 0 Å². The van der Waals surface area contributed by atoms with Gasteiger partial charge in [0.25, 0.3) is 0 Å². The highest BCUT2D eigenvalue weighted by Gasteiger charge is 2.24. The molecule has 0 radical (unpaired) electrons. The fourth-order valence-electron chi connectivity index (χ4n) is 3.58. The number of ether oxygens (including phenoxy) is 2. The standard InChI is InChI=1S/C27H37N3O3/c1-19(2)29(16-24(31)18-32-20(3)4)17-26-22(6)28-30(23-10-8-7-9-11-23)27(26)33-25-14-12-21(5)13-15-25/h7-15,19-20,24,31H,16-18H2,1-6H3/t24-/m1/s1. The highest BCUT2D eigenvalue weighted by Crippen LogP contribution is 2.32. The average Bonchev–Trinajstić information content (AvgIpc) is 3.09. The van der Waals surface area contributed by atoms with Gasteiger partial charge in [-0.3, -0.25) is 4.90 Å². The van der Waals surface area contributed by atoms with Crippen LogP contribution in [0.4, 0.5) is 0 Å². The van der Waals surface area contributed by atoms with Gasteiger partial charge in [0.2, 0.25) is 5.88 Å². The Labute approximate surface area is 197 Å². The van der Waals surface area contributed by atoms with Crippen molar-refractivity contribution in [3.8, 4) is 17.3 Å². The monoisotopic (exact) mass is 451 g/mol. The zero-order valence-corrected chi connectivity index (χ0v) is 20.7. The quantitative estimate of drug-likeness (QED) is 0.430. The normalized spacial score (nSPS) is 12.7. The Hall–Kier alpha value is -2.67. The zero-order chi connectivity index (χ0) is 24.0. The average molecular weight is 452 g/mol. The van der Waals surface area contributed by atoms with Gasteiger partial charge in [-0.2, -0.15) is 5.10 Å². The predicted octanol–water partition coefficient (Wildman–Crippen LogP) is 5.28. The third-order valence-electron chi connectivity index (χ3n) is 5.53. The molecule has 0 aliphatic heterocycles. The molecule has 0 amide bonds. The lowest BCUT2D eigenvalue weighted by atomic mass is 10.2. The van der Waals surface area contributed by atoms with E-state index < -0.39 is 6.10 Å². The molecule has 3 aromatic rings. The molecule has 1 heterocycles. The maximum atomic E-state index is 10.6. The molecule has 1 atom stereocenters. The first-order valence-corrected chi connectivity index (χ1v) is 11.7. The molecule has 0 aliphatic carbocycles. The Morgan fingerprint density at radius 2 is 1.64 bits per heavy atom. The van der Waals surface area contributed by atoms with Crippen LogP contribution in [0.25, 0.3) is 5.69 Å². The number of aryl methyl sites for hydroxylation is 2. The number of aliphatic hydroxyl groups is 1. The van der Waals surface area contributed by atoms with Crippen LogP contribution in [-0.2, 0) is 11.3 Å². The fraction of sp³-hybridized carbons (Fsp3) is 0.444. The van der Waals surface area contributed by atoms with Gasteiger partial charge in [-0.25, -0.2) is 4.68 Å². The summed E-state index contributed by atoms with van der Waals surface area (Å²) in [6, 6.07) is 18.3. The van der Waals surface area contributed by atoms with Crippen molar-refractivity contribution in [3.63, 3.8) is 0 Å². The number of hydrogen-bond donors (Lipinski definition) is 1. The maximum absolute atomic E-state index is 10.6. The fourth-order valence-corrected chi connectivity index (χ4v) is 3.58. The van der Waals surface area contributed by atoms with Crippen LogP contribution < -0.4 is 4.74 Å². The molecule has 6 heteroatoms. The summed E-state index contributed by atoms with van der Waals surface area (Å²) in [5, 5.41) is 15.4. The third-order valence-corrected chi connectivity index (χ3v) is 5.53. The Kier molecular flexibility index (Phi) is 8.67. The summed E-state index contributed by atoms with van der Waals surface area (Å²) >= 11 is 0. The van der Waals surface area contributed by atoms with E-state index in [0.29, 0.717) is 25.6 Å². The van der Waals surface area contributed by atoms with Crippen molar-refractivity contribution in [2.45, 2.75) is 66.3 Å². The van der Waals surface area contributed by atoms with E-state index in [4.69, 9.17) is 14.6 Å². The number of nitrogens with zero attached hydrogens (tertiary/aromatic N) is 3. The molecule has 6 nitrogen and oxygen atoms in total. The van der Waals surface area contributed by atoms with E-state index in [1.807, 2.05) is 80.1 Å². The van der Waals surface area contributed by atoms with Gasteiger partial charge in [0.1, 0.15) is 5.75 Å². The summed E-state index contributed by atoms with van der Waals surface area (Å²) in [7, 11) is 0. The first-order chi connectivity index (χ1) is 15.7. The minimum Gasteiger partial charge on any atom is -0.439 e. The summed E-state index contributed by atoms with van der Waals surface area (Å²) in [6.45, 7) is 13.7. The van der Waals surface area contributed by atoms with Crippen LogP contribution in [0.3, 0.4) is 0 Å². The molecular weight excluding hydrogens is 414 g/mol. The second kappa shape index (κ2) is 11.5. The van der Waals surface area contributed by atoms with E-state index in [1.165, 1.54) is 5.56 Å². The largest absolute Gasteiger partial charge is 0.439 e. The van der Waals surface area contributed by atoms with E-state index in [0.717, 1.165) is 22.7 Å². The number of hydrogen-bond acceptors (Lipinski definition) is 5. The van der Waals surface area contributed by atoms with Crippen molar-refractivity contribution in [3.05, 3.63) is 71.4 Å². The number of rotatable bonds is 11. The van der Waals surface area contributed by atoms with Gasteiger partial charge in [-0.1, -0.05) is 35.9 Å². The van der Waals surface area contributed by atoms with Gasteiger partial charge in [0.15, 0.2) is 0 Å². The minimum absolute atomic E-state index is 0.0908. The predicted molar refractivity (Wildman–Crippen MR) is 132 cm³/mol. The van der Waals surface area contributed by atoms with Gasteiger partial charge < -0.3 is 14.6 Å². The van der Waals surface area contributed by atoms with Crippen molar-refractivity contribution in [1.82, 2.24) is 14.7 Å². The number of aliphatic hydroxyl groups excluding tert-OH is 1. The summed E-state index contributed by atoms with van der Waals surface area (Å²) in [5.74, 6) is 1.46. The van der Waals surface area contributed by atoms with Crippen LogP contribution in [0.1, 0.15) is 44.5 Å². The van der Waals surface area contributed by atoms with Crippen LogP contribution in [0.5, 0.6) is 11.6 Å². The summed E-state index contributed by atoms with van der Waals surface area (Å²) in [5.41, 5.74) is 4.03. The highest BCUT2D eigenvalue weighted by atomic mass is 16.5. The van der Waals surface area contributed by atoms with Crippen molar-refractivity contribution in [1.29, 1.82) is 0 Å². The molecule has 3 rings (SSSR count). The van der Waals surface area contributed by atoms with Crippen LogP contribution in [0, 0.1) is 13.8 Å². The summed E-state index contributed by atoms with van der Waals surface area (Å²) < 4.78 is 13.9. The highest BCUT2D eigenvalue weighted by molar-refractivity contribution is 5.43. The molecule has 0 spiro atoms. The molecule has 178 valence electrons. The Morgan fingerprint density at radius 3 is 2.24 bits per heavy atom. The minimum atomic E-state index is -0.569. The Bertz CT molecular complexity index is 997. The van der Waals surface area contributed by atoms with Crippen molar-refractivity contribution in [2.24, 2.45) is 0 Å². The second-order valence-corrected chi connectivity index (χ2v) is 9.09. The first-order valence-electron chi connectivity index (χ1n) is 11.7. The van der Waals surface area contributed by atoms with Gasteiger partial charge >= 0.3 is 0 Å². The molecule has 1 N–H and O–H groups in total. The summed E-state index contributed by atoms with van der Waals surface area (Å²) in [4.78, 5) is 2.23.